The number of nitrogens with one attached hydrogen (secondary N) is 1. The number of aryl methyl sites for hydroxylation is 1. The molecule has 3 aromatic rings. The maximum Gasteiger partial charge on any atom is 0.410 e. The van der Waals surface area contributed by atoms with E-state index in [0.29, 0.717) is 32.6 Å². The average molecular weight is 525 g/mol. The third-order valence-corrected chi connectivity index (χ3v) is 7.00. The summed E-state index contributed by atoms with van der Waals surface area (Å²) in [6, 6.07) is 25.8. The second kappa shape index (κ2) is 11.3. The van der Waals surface area contributed by atoms with E-state index in [1.54, 1.807) is 4.90 Å². The molecule has 0 saturated carbocycles. The number of nitrogens with zero attached hydrogens (tertiary/aromatic N) is 3. The molecule has 1 saturated heterocycles. The van der Waals surface area contributed by atoms with Crippen molar-refractivity contribution in [1.29, 1.82) is 0 Å². The van der Waals surface area contributed by atoms with Gasteiger partial charge in [0.2, 0.25) is 5.91 Å². The summed E-state index contributed by atoms with van der Waals surface area (Å²) in [5, 5.41) is 3.24. The predicted octanol–water partition coefficient (Wildman–Crippen LogP) is 5.53. The van der Waals surface area contributed by atoms with Gasteiger partial charge in [-0.3, -0.25) is 9.79 Å². The van der Waals surface area contributed by atoms with E-state index in [0.717, 1.165) is 34.6 Å². The summed E-state index contributed by atoms with van der Waals surface area (Å²) < 4.78 is 5.56. The van der Waals surface area contributed by atoms with Crippen LogP contribution in [0.5, 0.6) is 0 Å². The van der Waals surface area contributed by atoms with Crippen molar-refractivity contribution in [3.8, 4) is 0 Å². The van der Waals surface area contributed by atoms with Crippen LogP contribution in [0.2, 0.25) is 0 Å². The van der Waals surface area contributed by atoms with Crippen LogP contribution >= 0.6 is 0 Å². The van der Waals surface area contributed by atoms with E-state index in [4.69, 9.17) is 9.73 Å². The van der Waals surface area contributed by atoms with Gasteiger partial charge in [-0.1, -0.05) is 72.8 Å². The normalized spacial score (nSPS) is 17.6. The summed E-state index contributed by atoms with van der Waals surface area (Å²) in [4.78, 5) is 35.2. The highest BCUT2D eigenvalue weighted by Crippen LogP contribution is 2.35. The lowest BCUT2D eigenvalue weighted by molar-refractivity contribution is -0.117. The zero-order valence-electron chi connectivity index (χ0n) is 22.9. The minimum Gasteiger partial charge on any atom is -0.444 e. The van der Waals surface area contributed by atoms with Crippen LogP contribution in [0.3, 0.4) is 0 Å². The van der Waals surface area contributed by atoms with Crippen molar-refractivity contribution < 1.29 is 14.3 Å². The number of benzodiazepines with no additional fused rings is 1. The Morgan fingerprint density at radius 2 is 1.59 bits per heavy atom. The second-order valence-electron chi connectivity index (χ2n) is 11.0. The van der Waals surface area contributed by atoms with Gasteiger partial charge in [0.25, 0.3) is 0 Å². The second-order valence-corrected chi connectivity index (χ2v) is 11.0. The van der Waals surface area contributed by atoms with Gasteiger partial charge in [0, 0.05) is 37.3 Å². The van der Waals surface area contributed by atoms with Gasteiger partial charge in [0.15, 0.2) is 0 Å². The molecular formula is C32H36N4O3. The van der Waals surface area contributed by atoms with Crippen LogP contribution in [0.15, 0.2) is 83.9 Å². The molecule has 0 radical (unpaired) electrons. The fraction of sp³-hybridized carbons (Fsp3) is 0.344. The van der Waals surface area contributed by atoms with Crippen LogP contribution in [0.1, 0.15) is 43.9 Å². The van der Waals surface area contributed by atoms with Gasteiger partial charge in [0.05, 0.1) is 17.1 Å². The average Bonchev–Trinajstić information content (AvgIpc) is 3.08. The number of amides is 2. The molecule has 2 amide bonds. The van der Waals surface area contributed by atoms with Crippen LogP contribution in [0, 0.1) is 0 Å². The number of hydrogen-bond donors (Lipinski definition) is 1. The number of anilines is 2. The van der Waals surface area contributed by atoms with Crippen LogP contribution in [-0.2, 0) is 16.0 Å². The van der Waals surface area contributed by atoms with Crippen molar-refractivity contribution in [2.45, 2.75) is 45.3 Å². The summed E-state index contributed by atoms with van der Waals surface area (Å²) >= 11 is 0. The third kappa shape index (κ3) is 6.30. The van der Waals surface area contributed by atoms with E-state index in [2.05, 4.69) is 22.3 Å². The number of carbonyl (C=O) groups excluding carboxylic acids is 2. The van der Waals surface area contributed by atoms with Gasteiger partial charge in [-0.2, -0.15) is 0 Å². The summed E-state index contributed by atoms with van der Waals surface area (Å²) in [6.07, 6.45) is 1.09. The van der Waals surface area contributed by atoms with E-state index >= 15 is 0 Å². The molecule has 5 rings (SSSR count). The highest BCUT2D eigenvalue weighted by atomic mass is 16.6. The lowest BCUT2D eigenvalue weighted by atomic mass is 9.99. The summed E-state index contributed by atoms with van der Waals surface area (Å²) in [6.45, 7) is 8.01. The molecule has 2 aliphatic rings. The van der Waals surface area contributed by atoms with Crippen molar-refractivity contribution in [2.75, 3.05) is 36.4 Å². The number of ether oxygens (including phenoxy) is 1. The van der Waals surface area contributed by atoms with Crippen LogP contribution < -0.4 is 10.2 Å². The molecule has 2 aliphatic heterocycles. The van der Waals surface area contributed by atoms with E-state index in [9.17, 15) is 9.59 Å². The standard InChI is InChI=1S/C32H36N4O3/c1-32(2,3)39-31(38)36-21-19-35(20-22-36)27-16-10-15-25-28(24-13-8-5-9-14-24)33-26(30(37)34-29(25)27)18-17-23-11-6-4-7-12-23/h4-16,26H,17-22H2,1-3H3,(H,34,37)/t26-/m0/s1. The van der Waals surface area contributed by atoms with Gasteiger partial charge in [-0.05, 0) is 45.2 Å². The Bertz CT molecular complexity index is 1340. The number of aliphatic imine (C=N–C) groups is 1. The SMILES string of the molecule is CC(C)(C)OC(=O)N1CCN(c2cccc3c2NC(=O)[C@H](CCc2ccccc2)N=C3c2ccccc2)CC1. The number of carbonyl (C=O) groups is 2. The Morgan fingerprint density at radius 3 is 2.26 bits per heavy atom. The number of rotatable bonds is 5. The first-order valence-corrected chi connectivity index (χ1v) is 13.6. The maximum atomic E-state index is 13.6. The maximum absolute atomic E-state index is 13.6. The van der Waals surface area contributed by atoms with Gasteiger partial charge in [-0.25, -0.2) is 4.79 Å². The highest BCUT2D eigenvalue weighted by Gasteiger charge is 2.31. The minimum atomic E-state index is -0.528. The molecule has 2 heterocycles. The molecule has 7 nitrogen and oxygen atoms in total. The van der Waals surface area contributed by atoms with Crippen molar-refractivity contribution >= 4 is 29.1 Å². The Labute approximate surface area is 230 Å². The summed E-state index contributed by atoms with van der Waals surface area (Å²) in [5.41, 5.74) is 5.08. The highest BCUT2D eigenvalue weighted by molar-refractivity contribution is 6.21. The van der Waals surface area contributed by atoms with Crippen LogP contribution in [-0.4, -0.2) is 60.4 Å². The first-order valence-electron chi connectivity index (χ1n) is 13.6. The molecular weight excluding hydrogens is 488 g/mol. The van der Waals surface area contributed by atoms with Crippen LogP contribution in [0.4, 0.5) is 16.2 Å². The number of hydrogen-bond acceptors (Lipinski definition) is 5. The van der Waals surface area contributed by atoms with E-state index < -0.39 is 11.6 Å². The third-order valence-electron chi connectivity index (χ3n) is 7.00. The fourth-order valence-electron chi connectivity index (χ4n) is 5.05. The molecule has 0 bridgehead atoms. The lowest BCUT2D eigenvalue weighted by Crippen LogP contribution is -2.50. The Morgan fingerprint density at radius 1 is 0.923 bits per heavy atom. The molecule has 0 spiro atoms. The molecule has 39 heavy (non-hydrogen) atoms. The monoisotopic (exact) mass is 524 g/mol. The topological polar surface area (TPSA) is 74.2 Å². The molecule has 0 aliphatic carbocycles. The molecule has 0 aromatic heterocycles. The van der Waals surface area contributed by atoms with E-state index in [1.807, 2.05) is 87.5 Å². The number of piperazine rings is 1. The number of para-hydroxylation sites is 1. The smallest absolute Gasteiger partial charge is 0.410 e. The minimum absolute atomic E-state index is 0.0991. The Balaban J connectivity index is 1.42. The molecule has 7 heteroatoms. The number of benzene rings is 3. The molecule has 1 fully saturated rings. The Kier molecular flexibility index (Phi) is 7.68. The zero-order valence-corrected chi connectivity index (χ0v) is 22.9. The van der Waals surface area contributed by atoms with Crippen molar-refractivity contribution in [2.24, 2.45) is 4.99 Å². The fourth-order valence-corrected chi connectivity index (χ4v) is 5.05. The molecule has 0 unspecified atom stereocenters. The zero-order chi connectivity index (χ0) is 27.4. The first-order chi connectivity index (χ1) is 18.8. The quantitative estimate of drug-likeness (QED) is 0.476. The predicted molar refractivity (Wildman–Crippen MR) is 156 cm³/mol. The molecule has 202 valence electrons. The lowest BCUT2D eigenvalue weighted by Gasteiger charge is -2.37. The van der Waals surface area contributed by atoms with Gasteiger partial charge in [-0.15, -0.1) is 0 Å². The summed E-state index contributed by atoms with van der Waals surface area (Å²) in [7, 11) is 0. The molecule has 1 N–H and O–H groups in total. The van der Waals surface area contributed by atoms with Gasteiger partial charge < -0.3 is 19.9 Å². The number of fused-ring (bicyclic) bond motifs is 1. The van der Waals surface area contributed by atoms with Gasteiger partial charge >= 0.3 is 6.09 Å². The van der Waals surface area contributed by atoms with Crippen molar-refractivity contribution in [3.05, 3.63) is 95.6 Å². The summed E-state index contributed by atoms with van der Waals surface area (Å²) in [5.74, 6) is -0.0991. The first kappa shape index (κ1) is 26.5. The van der Waals surface area contributed by atoms with Crippen molar-refractivity contribution in [1.82, 2.24) is 4.90 Å². The molecule has 3 aromatic carbocycles. The van der Waals surface area contributed by atoms with Gasteiger partial charge in [0.1, 0.15) is 11.6 Å². The van der Waals surface area contributed by atoms with E-state index in [-0.39, 0.29) is 12.0 Å². The van der Waals surface area contributed by atoms with Crippen LogP contribution in [0.25, 0.3) is 0 Å². The molecule has 1 atom stereocenters. The van der Waals surface area contributed by atoms with E-state index in [1.165, 1.54) is 5.56 Å². The largest absolute Gasteiger partial charge is 0.444 e. The Hall–Kier alpha value is -4.13. The van der Waals surface area contributed by atoms with Crippen molar-refractivity contribution in [3.63, 3.8) is 0 Å².